The van der Waals surface area contributed by atoms with Crippen LogP contribution in [0.25, 0.3) is 0 Å². The molecule has 0 N–H and O–H groups in total. The summed E-state index contributed by atoms with van der Waals surface area (Å²) in [5.74, 6) is -0.614. The fraction of sp³-hybridized carbons (Fsp3) is 0.500. The van der Waals surface area contributed by atoms with Crippen LogP contribution in [0.15, 0.2) is 16.6 Å². The molecule has 1 fully saturated rings. The van der Waals surface area contributed by atoms with Gasteiger partial charge in [0.05, 0.1) is 10.6 Å². The van der Waals surface area contributed by atoms with Crippen molar-refractivity contribution in [3.05, 3.63) is 33.0 Å². The first-order valence-electron chi connectivity index (χ1n) is 6.13. The quantitative estimate of drug-likeness (QED) is 0.523. The lowest BCUT2D eigenvalue weighted by Gasteiger charge is -2.32. The monoisotopic (exact) mass is 332 g/mol. The Morgan fingerprint density at radius 3 is 2.56 bits per heavy atom. The summed E-state index contributed by atoms with van der Waals surface area (Å²) in [4.78, 5) is 12.5. The SMILES string of the molecule is CC1(C(=O)c2cc(Cl)c(Br)cc2F)CCCCC1. The van der Waals surface area contributed by atoms with Gasteiger partial charge in [0.1, 0.15) is 5.82 Å². The second-order valence-electron chi connectivity index (χ2n) is 5.20. The Morgan fingerprint density at radius 2 is 1.94 bits per heavy atom. The topological polar surface area (TPSA) is 17.1 Å². The molecule has 0 radical (unpaired) electrons. The van der Waals surface area contributed by atoms with Crippen molar-refractivity contribution >= 4 is 33.3 Å². The van der Waals surface area contributed by atoms with E-state index in [1.807, 2.05) is 6.92 Å². The van der Waals surface area contributed by atoms with E-state index in [1.54, 1.807) is 0 Å². The van der Waals surface area contributed by atoms with Crippen molar-refractivity contribution in [1.82, 2.24) is 0 Å². The van der Waals surface area contributed by atoms with E-state index in [9.17, 15) is 9.18 Å². The van der Waals surface area contributed by atoms with Gasteiger partial charge >= 0.3 is 0 Å². The Morgan fingerprint density at radius 1 is 1.33 bits per heavy atom. The molecule has 0 aliphatic heterocycles. The molecule has 1 aromatic carbocycles. The molecule has 0 amide bonds. The molecule has 1 aliphatic rings. The van der Waals surface area contributed by atoms with E-state index in [0.717, 1.165) is 32.1 Å². The number of rotatable bonds is 2. The summed E-state index contributed by atoms with van der Waals surface area (Å²) < 4.78 is 14.4. The average Bonchev–Trinajstić information content (AvgIpc) is 2.34. The number of hydrogen-bond donors (Lipinski definition) is 0. The van der Waals surface area contributed by atoms with Crippen molar-refractivity contribution in [2.45, 2.75) is 39.0 Å². The predicted molar refractivity (Wildman–Crippen MR) is 74.6 cm³/mol. The van der Waals surface area contributed by atoms with Crippen LogP contribution >= 0.6 is 27.5 Å². The van der Waals surface area contributed by atoms with Gasteiger partial charge in [-0.2, -0.15) is 0 Å². The number of carbonyl (C=O) groups is 1. The van der Waals surface area contributed by atoms with Gasteiger partial charge in [0.2, 0.25) is 0 Å². The standard InChI is InChI=1S/C14H15BrClFO/c1-14(5-3-2-4-6-14)13(18)9-7-11(16)10(15)8-12(9)17/h7-8H,2-6H2,1H3. The first-order valence-corrected chi connectivity index (χ1v) is 7.30. The molecule has 1 saturated carbocycles. The van der Waals surface area contributed by atoms with E-state index in [4.69, 9.17) is 11.6 Å². The molecule has 98 valence electrons. The highest BCUT2D eigenvalue weighted by molar-refractivity contribution is 9.10. The van der Waals surface area contributed by atoms with E-state index in [-0.39, 0.29) is 11.3 Å². The molecule has 1 nitrogen and oxygen atoms in total. The maximum absolute atomic E-state index is 13.9. The Labute approximate surface area is 120 Å². The van der Waals surface area contributed by atoms with E-state index >= 15 is 0 Å². The normalized spacial score (nSPS) is 18.7. The summed E-state index contributed by atoms with van der Waals surface area (Å²) in [6, 6.07) is 2.70. The van der Waals surface area contributed by atoms with Gasteiger partial charge in [0, 0.05) is 9.89 Å². The fourth-order valence-corrected chi connectivity index (χ4v) is 3.06. The first kappa shape index (κ1) is 14.0. The van der Waals surface area contributed by atoms with E-state index in [2.05, 4.69) is 15.9 Å². The Balaban J connectivity index is 2.36. The summed E-state index contributed by atoms with van der Waals surface area (Å²) >= 11 is 9.10. The van der Waals surface area contributed by atoms with Gasteiger partial charge in [-0.1, -0.05) is 37.8 Å². The molecule has 1 aromatic rings. The van der Waals surface area contributed by atoms with Crippen LogP contribution < -0.4 is 0 Å². The van der Waals surface area contributed by atoms with Crippen molar-refractivity contribution in [2.75, 3.05) is 0 Å². The number of carbonyl (C=O) groups excluding carboxylic acids is 1. The maximum Gasteiger partial charge on any atom is 0.171 e. The lowest BCUT2D eigenvalue weighted by atomic mass is 9.71. The number of hydrogen-bond acceptors (Lipinski definition) is 1. The third-order valence-corrected chi connectivity index (χ3v) is 4.96. The lowest BCUT2D eigenvalue weighted by molar-refractivity contribution is 0.0745. The van der Waals surface area contributed by atoms with Crippen molar-refractivity contribution in [2.24, 2.45) is 5.41 Å². The summed E-state index contributed by atoms with van der Waals surface area (Å²) in [6.07, 6.45) is 4.90. The van der Waals surface area contributed by atoms with Crippen molar-refractivity contribution in [3.63, 3.8) is 0 Å². The van der Waals surface area contributed by atoms with Crippen molar-refractivity contribution in [1.29, 1.82) is 0 Å². The Kier molecular flexibility index (Phi) is 4.12. The van der Waals surface area contributed by atoms with E-state index < -0.39 is 11.2 Å². The highest BCUT2D eigenvalue weighted by atomic mass is 79.9. The summed E-state index contributed by atoms with van der Waals surface area (Å²) in [5, 5.41) is 0.374. The first-order chi connectivity index (χ1) is 8.44. The second kappa shape index (κ2) is 5.30. The maximum atomic E-state index is 13.9. The van der Waals surface area contributed by atoms with Gasteiger partial charge in [-0.25, -0.2) is 4.39 Å². The van der Waals surface area contributed by atoms with Crippen LogP contribution in [0.1, 0.15) is 49.4 Å². The molecular formula is C14H15BrClFO. The van der Waals surface area contributed by atoms with Crippen LogP contribution in [0.5, 0.6) is 0 Å². The van der Waals surface area contributed by atoms with Gasteiger partial charge < -0.3 is 0 Å². The fourth-order valence-electron chi connectivity index (χ4n) is 2.58. The van der Waals surface area contributed by atoms with Gasteiger partial charge in [0.25, 0.3) is 0 Å². The highest BCUT2D eigenvalue weighted by Gasteiger charge is 2.36. The third kappa shape index (κ3) is 2.62. The number of ketones is 1. The largest absolute Gasteiger partial charge is 0.293 e. The van der Waals surface area contributed by atoms with Crippen LogP contribution in [-0.4, -0.2) is 5.78 Å². The molecule has 0 atom stereocenters. The van der Waals surface area contributed by atoms with Crippen molar-refractivity contribution < 1.29 is 9.18 Å². The number of benzene rings is 1. The lowest BCUT2D eigenvalue weighted by Crippen LogP contribution is -2.31. The van der Waals surface area contributed by atoms with Gasteiger partial charge in [-0.05, 0) is 40.9 Å². The number of halogens is 3. The third-order valence-electron chi connectivity index (χ3n) is 3.76. The molecule has 0 spiro atoms. The van der Waals surface area contributed by atoms with Crippen molar-refractivity contribution in [3.8, 4) is 0 Å². The van der Waals surface area contributed by atoms with E-state index in [0.29, 0.717) is 9.50 Å². The Hall–Kier alpha value is -0.410. The molecule has 1 aliphatic carbocycles. The van der Waals surface area contributed by atoms with Crippen LogP contribution in [0.3, 0.4) is 0 Å². The van der Waals surface area contributed by atoms with Gasteiger partial charge in [-0.3, -0.25) is 4.79 Å². The molecule has 0 bridgehead atoms. The van der Waals surface area contributed by atoms with Crippen LogP contribution in [0.4, 0.5) is 4.39 Å². The molecular weight excluding hydrogens is 319 g/mol. The molecule has 0 unspecified atom stereocenters. The molecule has 4 heteroatoms. The molecule has 2 rings (SSSR count). The summed E-state index contributed by atoms with van der Waals surface area (Å²) in [6.45, 7) is 1.93. The minimum absolute atomic E-state index is 0.117. The summed E-state index contributed by atoms with van der Waals surface area (Å²) in [5.41, 5.74) is -0.316. The molecule has 0 heterocycles. The minimum Gasteiger partial charge on any atom is -0.293 e. The Bertz CT molecular complexity index is 481. The zero-order valence-corrected chi connectivity index (χ0v) is 12.6. The molecule has 18 heavy (non-hydrogen) atoms. The second-order valence-corrected chi connectivity index (χ2v) is 6.46. The van der Waals surface area contributed by atoms with Crippen LogP contribution in [0.2, 0.25) is 5.02 Å². The average molecular weight is 334 g/mol. The van der Waals surface area contributed by atoms with Crippen LogP contribution in [-0.2, 0) is 0 Å². The van der Waals surface area contributed by atoms with Gasteiger partial charge in [0.15, 0.2) is 5.78 Å². The van der Waals surface area contributed by atoms with Crippen LogP contribution in [0, 0.1) is 11.2 Å². The van der Waals surface area contributed by atoms with Gasteiger partial charge in [-0.15, -0.1) is 0 Å². The summed E-state index contributed by atoms with van der Waals surface area (Å²) in [7, 11) is 0. The smallest absolute Gasteiger partial charge is 0.171 e. The molecule has 0 saturated heterocycles. The zero-order valence-electron chi connectivity index (χ0n) is 10.2. The number of Topliss-reactive ketones (excluding diaryl/α,β-unsaturated/α-hetero) is 1. The predicted octanol–water partition coefficient (Wildman–Crippen LogP) is 5.39. The minimum atomic E-state index is -0.497. The van der Waals surface area contributed by atoms with E-state index in [1.165, 1.54) is 12.1 Å². The highest BCUT2D eigenvalue weighted by Crippen LogP contribution is 2.40. The zero-order chi connectivity index (χ0) is 13.3. The molecule has 0 aromatic heterocycles.